The summed E-state index contributed by atoms with van der Waals surface area (Å²) in [4.78, 5) is 0. The smallest absolute Gasteiger partial charge is 0.104 e. The third kappa shape index (κ3) is 2.85. The van der Waals surface area contributed by atoms with E-state index in [2.05, 4.69) is 102 Å². The van der Waals surface area contributed by atoms with Gasteiger partial charge in [-0.3, -0.25) is 4.21 Å². The fourth-order valence-electron chi connectivity index (χ4n) is 4.86. The second-order valence-electron chi connectivity index (χ2n) is 9.95. The van der Waals surface area contributed by atoms with Crippen molar-refractivity contribution in [1.82, 2.24) is 0 Å². The second kappa shape index (κ2) is 6.60. The first-order valence-electron chi connectivity index (χ1n) is 10.0. The van der Waals surface area contributed by atoms with E-state index in [1.807, 2.05) is 11.8 Å². The van der Waals surface area contributed by atoms with E-state index in [1.165, 1.54) is 22.3 Å². The molecule has 3 heteroatoms. The minimum Gasteiger partial charge on any atom is -0.257 e. The summed E-state index contributed by atoms with van der Waals surface area (Å²) >= 11 is 1.92. The predicted molar refractivity (Wildman–Crippen MR) is 123 cm³/mol. The Balaban J connectivity index is 2.05. The van der Waals surface area contributed by atoms with Gasteiger partial charge in [0.05, 0.1) is 10.00 Å². The summed E-state index contributed by atoms with van der Waals surface area (Å²) in [5, 5.41) is 0.00141. The average Bonchev–Trinajstić information content (AvgIpc) is 3.11. The van der Waals surface area contributed by atoms with E-state index in [9.17, 15) is 4.21 Å². The van der Waals surface area contributed by atoms with E-state index in [0.717, 1.165) is 0 Å². The molecular formula is C25H30OS2. The molecule has 2 aromatic rings. The molecule has 1 nitrogen and oxygen atoms in total. The van der Waals surface area contributed by atoms with E-state index in [1.54, 1.807) is 0 Å². The SMILES string of the molecule is CC(C)(C)C1=C(C(C)(C)C)[C@H]2S(=O)[C@@H]1SC2(c1ccccc1)c1ccccc1. The quantitative estimate of drug-likeness (QED) is 0.524. The highest BCUT2D eigenvalue weighted by atomic mass is 32.2. The molecule has 2 bridgehead atoms. The molecule has 0 N–H and O–H groups in total. The topological polar surface area (TPSA) is 17.1 Å². The third-order valence-electron chi connectivity index (χ3n) is 5.91. The standard InChI is InChI=1S/C25H30OS2/c1-23(2,3)19-20(24(4,5)6)22-27-25(21(19)28(22)26,17-13-9-7-10-14-17)18-15-11-8-12-16-18/h7-16,21-22H,1-6H3/t21-,22+,28?/m1/s1. The van der Waals surface area contributed by atoms with Gasteiger partial charge in [-0.15, -0.1) is 11.8 Å². The summed E-state index contributed by atoms with van der Waals surface area (Å²) in [6, 6.07) is 21.5. The van der Waals surface area contributed by atoms with E-state index in [0.29, 0.717) is 0 Å². The molecule has 4 rings (SSSR count). The van der Waals surface area contributed by atoms with Crippen molar-refractivity contribution in [3.8, 4) is 0 Å². The van der Waals surface area contributed by atoms with E-state index < -0.39 is 10.8 Å². The summed E-state index contributed by atoms with van der Waals surface area (Å²) in [7, 11) is -0.936. The predicted octanol–water partition coefficient (Wildman–Crippen LogP) is 6.52. The van der Waals surface area contributed by atoms with Gasteiger partial charge in [0.25, 0.3) is 0 Å². The molecule has 1 saturated heterocycles. The fraction of sp³-hybridized carbons (Fsp3) is 0.440. The fourth-order valence-corrected chi connectivity index (χ4v) is 10.5. The maximum Gasteiger partial charge on any atom is 0.104 e. The molecule has 0 spiro atoms. The molecule has 0 amide bonds. The van der Waals surface area contributed by atoms with Crippen LogP contribution < -0.4 is 0 Å². The molecule has 3 atom stereocenters. The van der Waals surface area contributed by atoms with Gasteiger partial charge < -0.3 is 0 Å². The lowest BCUT2D eigenvalue weighted by molar-refractivity contribution is 0.425. The largest absolute Gasteiger partial charge is 0.257 e. The lowest BCUT2D eigenvalue weighted by Crippen LogP contribution is -2.41. The molecular weight excluding hydrogens is 380 g/mol. The average molecular weight is 411 g/mol. The normalized spacial score (nSPS) is 26.7. The Bertz CT molecular complexity index is 891. The first kappa shape index (κ1) is 20.0. The molecule has 0 aliphatic carbocycles. The highest BCUT2D eigenvalue weighted by Crippen LogP contribution is 2.68. The van der Waals surface area contributed by atoms with Crippen LogP contribution in [0.15, 0.2) is 71.8 Å². The van der Waals surface area contributed by atoms with Crippen LogP contribution in [0.5, 0.6) is 0 Å². The molecule has 148 valence electrons. The Kier molecular flexibility index (Phi) is 4.71. The summed E-state index contributed by atoms with van der Waals surface area (Å²) in [6.07, 6.45) is 0. The van der Waals surface area contributed by atoms with Crippen molar-refractivity contribution in [2.45, 2.75) is 56.1 Å². The van der Waals surface area contributed by atoms with Crippen molar-refractivity contribution < 1.29 is 4.21 Å². The molecule has 1 fully saturated rings. The van der Waals surface area contributed by atoms with Gasteiger partial charge >= 0.3 is 0 Å². The van der Waals surface area contributed by atoms with Crippen molar-refractivity contribution in [3.63, 3.8) is 0 Å². The minimum absolute atomic E-state index is 0.00141. The van der Waals surface area contributed by atoms with Crippen LogP contribution in [0.2, 0.25) is 0 Å². The maximum atomic E-state index is 13.9. The van der Waals surface area contributed by atoms with Gasteiger partial charge in [0.2, 0.25) is 0 Å². The van der Waals surface area contributed by atoms with Crippen LogP contribution in [0.25, 0.3) is 0 Å². The molecule has 28 heavy (non-hydrogen) atoms. The number of fused-ring (bicyclic) bond motifs is 2. The van der Waals surface area contributed by atoms with Crippen molar-refractivity contribution in [1.29, 1.82) is 0 Å². The number of rotatable bonds is 2. The zero-order valence-corrected chi connectivity index (χ0v) is 19.3. The first-order valence-corrected chi connectivity index (χ1v) is 12.2. The highest BCUT2D eigenvalue weighted by molar-refractivity contribution is 8.16. The van der Waals surface area contributed by atoms with Gasteiger partial charge in [0.15, 0.2) is 0 Å². The summed E-state index contributed by atoms with van der Waals surface area (Å²) in [5.41, 5.74) is 5.35. The lowest BCUT2D eigenvalue weighted by Gasteiger charge is -2.44. The third-order valence-corrected chi connectivity index (χ3v) is 10.2. The van der Waals surface area contributed by atoms with Crippen molar-refractivity contribution >= 4 is 22.6 Å². The van der Waals surface area contributed by atoms with Crippen molar-refractivity contribution in [2.24, 2.45) is 10.8 Å². The summed E-state index contributed by atoms with van der Waals surface area (Å²) in [5.74, 6) is 0. The number of hydrogen-bond donors (Lipinski definition) is 0. The molecule has 1 unspecified atom stereocenters. The van der Waals surface area contributed by atoms with Gasteiger partial charge in [-0.05, 0) is 33.1 Å². The first-order chi connectivity index (χ1) is 13.1. The molecule has 0 radical (unpaired) electrons. The number of benzene rings is 2. The van der Waals surface area contributed by atoms with E-state index >= 15 is 0 Å². The monoisotopic (exact) mass is 410 g/mol. The zero-order chi connectivity index (χ0) is 20.3. The Morgan fingerprint density at radius 2 is 1.18 bits per heavy atom. The Morgan fingerprint density at radius 1 is 0.750 bits per heavy atom. The summed E-state index contributed by atoms with van der Waals surface area (Å²) < 4.78 is 13.7. The van der Waals surface area contributed by atoms with Gasteiger partial charge in [0.1, 0.15) is 4.58 Å². The van der Waals surface area contributed by atoms with Crippen LogP contribution in [0.1, 0.15) is 52.7 Å². The minimum atomic E-state index is -0.936. The van der Waals surface area contributed by atoms with Crippen LogP contribution in [-0.2, 0) is 15.5 Å². The Hall–Kier alpha value is -1.32. The summed E-state index contributed by atoms with van der Waals surface area (Å²) in [6.45, 7) is 13.7. The molecule has 0 aromatic heterocycles. The van der Waals surface area contributed by atoms with Crippen LogP contribution in [0.4, 0.5) is 0 Å². The molecule has 2 heterocycles. The molecule has 0 saturated carbocycles. The zero-order valence-electron chi connectivity index (χ0n) is 17.7. The number of thioether (sulfide) groups is 1. The Labute approximate surface area is 176 Å². The van der Waals surface area contributed by atoms with E-state index in [4.69, 9.17) is 0 Å². The van der Waals surface area contributed by atoms with Crippen LogP contribution in [0, 0.1) is 10.8 Å². The van der Waals surface area contributed by atoms with Gasteiger partial charge in [-0.2, -0.15) is 0 Å². The van der Waals surface area contributed by atoms with Crippen LogP contribution in [0.3, 0.4) is 0 Å². The van der Waals surface area contributed by atoms with Crippen LogP contribution >= 0.6 is 11.8 Å². The molecule has 2 aliphatic heterocycles. The number of hydrogen-bond acceptors (Lipinski definition) is 2. The van der Waals surface area contributed by atoms with Crippen molar-refractivity contribution in [3.05, 3.63) is 82.9 Å². The second-order valence-corrected chi connectivity index (χ2v) is 13.2. The molecule has 2 aromatic carbocycles. The lowest BCUT2D eigenvalue weighted by atomic mass is 9.70. The van der Waals surface area contributed by atoms with E-state index in [-0.39, 0.29) is 25.4 Å². The maximum absolute atomic E-state index is 13.9. The van der Waals surface area contributed by atoms with Gasteiger partial charge in [0, 0.05) is 10.8 Å². The van der Waals surface area contributed by atoms with Gasteiger partial charge in [-0.25, -0.2) is 0 Å². The highest BCUT2D eigenvalue weighted by Gasteiger charge is 2.64. The van der Waals surface area contributed by atoms with Crippen LogP contribution in [-0.4, -0.2) is 14.0 Å². The van der Waals surface area contributed by atoms with Crippen molar-refractivity contribution in [2.75, 3.05) is 0 Å². The Morgan fingerprint density at radius 3 is 1.57 bits per heavy atom. The van der Waals surface area contributed by atoms with Gasteiger partial charge in [-0.1, -0.05) is 102 Å². The molecule has 2 aliphatic rings.